The molecular formula is C19H21BrN2O4. The van der Waals surface area contributed by atoms with Crippen LogP contribution in [0.15, 0.2) is 39.3 Å². The SMILES string of the molecule is Cc1cc(CC(=O)N2C[C@H](O)C[C@H]2C(=O)CCc2ccc(Br)cc2)on1. The zero-order chi connectivity index (χ0) is 18.7. The third-order valence-corrected chi connectivity index (χ3v) is 5.08. The van der Waals surface area contributed by atoms with Crippen molar-refractivity contribution in [3.05, 3.63) is 51.8 Å². The molecule has 2 heterocycles. The molecule has 0 bridgehead atoms. The van der Waals surface area contributed by atoms with Gasteiger partial charge in [0.1, 0.15) is 5.76 Å². The number of Topliss-reactive ketones (excluding diaryl/α,β-unsaturated/α-hetero) is 1. The molecule has 0 saturated carbocycles. The number of aliphatic hydroxyl groups is 1. The zero-order valence-corrected chi connectivity index (χ0v) is 16.1. The summed E-state index contributed by atoms with van der Waals surface area (Å²) in [6.45, 7) is 1.96. The summed E-state index contributed by atoms with van der Waals surface area (Å²) in [6.07, 6.45) is 0.619. The number of β-amino-alcohol motifs (C(OH)–C–C–N with tert-alkyl or cyclic N) is 1. The summed E-state index contributed by atoms with van der Waals surface area (Å²) in [7, 11) is 0. The van der Waals surface area contributed by atoms with Gasteiger partial charge in [-0.05, 0) is 31.0 Å². The van der Waals surface area contributed by atoms with Crippen molar-refractivity contribution in [3.63, 3.8) is 0 Å². The van der Waals surface area contributed by atoms with Crippen molar-refractivity contribution in [2.24, 2.45) is 0 Å². The lowest BCUT2D eigenvalue weighted by molar-refractivity contribution is -0.137. The summed E-state index contributed by atoms with van der Waals surface area (Å²) in [6, 6.07) is 8.95. The van der Waals surface area contributed by atoms with Crippen LogP contribution in [0, 0.1) is 6.92 Å². The third-order valence-electron chi connectivity index (χ3n) is 4.55. The average Bonchev–Trinajstić information content (AvgIpc) is 3.19. The minimum Gasteiger partial charge on any atom is -0.391 e. The van der Waals surface area contributed by atoms with Gasteiger partial charge in [-0.1, -0.05) is 33.2 Å². The first-order chi connectivity index (χ1) is 12.4. The molecule has 2 aromatic rings. The van der Waals surface area contributed by atoms with Gasteiger partial charge in [-0.15, -0.1) is 0 Å². The number of aliphatic hydroxyl groups excluding tert-OH is 1. The fourth-order valence-corrected chi connectivity index (χ4v) is 3.49. The molecule has 1 aliphatic heterocycles. The first-order valence-corrected chi connectivity index (χ1v) is 9.38. The van der Waals surface area contributed by atoms with Crippen molar-refractivity contribution in [1.82, 2.24) is 10.1 Å². The minimum absolute atomic E-state index is 0.0217. The van der Waals surface area contributed by atoms with E-state index in [1.165, 1.54) is 4.90 Å². The molecule has 1 aromatic carbocycles. The molecule has 3 rings (SSSR count). The number of aryl methyl sites for hydroxylation is 2. The fraction of sp³-hybridized carbons (Fsp3) is 0.421. The monoisotopic (exact) mass is 420 g/mol. The van der Waals surface area contributed by atoms with Gasteiger partial charge in [0.15, 0.2) is 5.78 Å². The maximum Gasteiger partial charge on any atom is 0.231 e. The maximum atomic E-state index is 12.7. The van der Waals surface area contributed by atoms with Gasteiger partial charge in [-0.25, -0.2) is 0 Å². The summed E-state index contributed by atoms with van der Waals surface area (Å²) >= 11 is 3.39. The van der Waals surface area contributed by atoms with Gasteiger partial charge < -0.3 is 14.5 Å². The first kappa shape index (κ1) is 18.8. The van der Waals surface area contributed by atoms with Crippen LogP contribution in [0.5, 0.6) is 0 Å². The quantitative estimate of drug-likeness (QED) is 0.775. The summed E-state index contributed by atoms with van der Waals surface area (Å²) < 4.78 is 6.07. The molecule has 2 atom stereocenters. The molecule has 1 fully saturated rings. The minimum atomic E-state index is -0.669. The Hall–Kier alpha value is -1.99. The Kier molecular flexibility index (Phi) is 5.88. The van der Waals surface area contributed by atoms with E-state index in [4.69, 9.17) is 4.52 Å². The van der Waals surface area contributed by atoms with Gasteiger partial charge in [0.05, 0.1) is 24.3 Å². The number of carbonyl (C=O) groups excluding carboxylic acids is 2. The fourth-order valence-electron chi connectivity index (χ4n) is 3.23. The lowest BCUT2D eigenvalue weighted by Crippen LogP contribution is -2.41. The molecule has 1 aliphatic rings. The number of carbonyl (C=O) groups is 2. The first-order valence-electron chi connectivity index (χ1n) is 8.59. The van der Waals surface area contributed by atoms with Crippen LogP contribution in [0.3, 0.4) is 0 Å². The predicted octanol–water partition coefficient (Wildman–Crippen LogP) is 2.45. The molecule has 1 aromatic heterocycles. The van der Waals surface area contributed by atoms with E-state index < -0.39 is 12.1 Å². The highest BCUT2D eigenvalue weighted by atomic mass is 79.9. The normalized spacial score (nSPS) is 19.7. The van der Waals surface area contributed by atoms with Gasteiger partial charge in [0, 0.05) is 29.9 Å². The molecule has 0 aliphatic carbocycles. The molecule has 1 amide bonds. The molecule has 0 spiro atoms. The molecular weight excluding hydrogens is 400 g/mol. The van der Waals surface area contributed by atoms with E-state index in [1.54, 1.807) is 13.0 Å². The van der Waals surface area contributed by atoms with Gasteiger partial charge in [0.2, 0.25) is 5.91 Å². The predicted molar refractivity (Wildman–Crippen MR) is 98.5 cm³/mol. The second-order valence-electron chi connectivity index (χ2n) is 6.66. The van der Waals surface area contributed by atoms with E-state index in [-0.39, 0.29) is 24.7 Å². The van der Waals surface area contributed by atoms with Crippen molar-refractivity contribution in [3.8, 4) is 0 Å². The van der Waals surface area contributed by atoms with Crippen LogP contribution >= 0.6 is 15.9 Å². The molecule has 0 unspecified atom stereocenters. The highest BCUT2D eigenvalue weighted by molar-refractivity contribution is 9.10. The van der Waals surface area contributed by atoms with Crippen molar-refractivity contribution < 1.29 is 19.2 Å². The molecule has 1 saturated heterocycles. The smallest absolute Gasteiger partial charge is 0.231 e. The summed E-state index contributed by atoms with van der Waals surface area (Å²) in [5.41, 5.74) is 1.77. The number of rotatable bonds is 6. The van der Waals surface area contributed by atoms with Gasteiger partial charge in [-0.3, -0.25) is 9.59 Å². The number of aromatic nitrogens is 1. The van der Waals surface area contributed by atoms with Crippen LogP contribution in [-0.2, 0) is 22.4 Å². The molecule has 7 heteroatoms. The second kappa shape index (κ2) is 8.14. The van der Waals surface area contributed by atoms with Crippen LogP contribution in [-0.4, -0.2) is 45.5 Å². The van der Waals surface area contributed by atoms with E-state index in [1.807, 2.05) is 24.3 Å². The van der Waals surface area contributed by atoms with E-state index in [0.29, 0.717) is 30.7 Å². The van der Waals surface area contributed by atoms with Crippen molar-refractivity contribution in [1.29, 1.82) is 0 Å². The lowest BCUT2D eigenvalue weighted by Gasteiger charge is -2.23. The van der Waals surface area contributed by atoms with E-state index in [0.717, 1.165) is 10.0 Å². The van der Waals surface area contributed by atoms with E-state index >= 15 is 0 Å². The molecule has 138 valence electrons. The second-order valence-corrected chi connectivity index (χ2v) is 7.57. The Morgan fingerprint density at radius 2 is 2.08 bits per heavy atom. The molecule has 1 N–H and O–H groups in total. The zero-order valence-electron chi connectivity index (χ0n) is 14.5. The maximum absolute atomic E-state index is 12.7. The number of amides is 1. The van der Waals surface area contributed by atoms with Crippen LogP contribution in [0.4, 0.5) is 0 Å². The lowest BCUT2D eigenvalue weighted by atomic mass is 10.0. The molecule has 0 radical (unpaired) electrons. The van der Waals surface area contributed by atoms with Crippen LogP contribution < -0.4 is 0 Å². The molecule has 26 heavy (non-hydrogen) atoms. The highest BCUT2D eigenvalue weighted by Crippen LogP contribution is 2.22. The number of likely N-dealkylation sites (tertiary alicyclic amines) is 1. The Bertz CT molecular complexity index is 787. The van der Waals surface area contributed by atoms with Crippen molar-refractivity contribution in [2.45, 2.75) is 44.8 Å². The van der Waals surface area contributed by atoms with Crippen LogP contribution in [0.1, 0.15) is 29.9 Å². The highest BCUT2D eigenvalue weighted by Gasteiger charge is 2.38. The largest absolute Gasteiger partial charge is 0.391 e. The van der Waals surface area contributed by atoms with Crippen LogP contribution in [0.2, 0.25) is 0 Å². The topological polar surface area (TPSA) is 83.6 Å². The average molecular weight is 421 g/mol. The Morgan fingerprint density at radius 3 is 2.73 bits per heavy atom. The Balaban J connectivity index is 1.61. The summed E-state index contributed by atoms with van der Waals surface area (Å²) in [5, 5.41) is 13.7. The van der Waals surface area contributed by atoms with E-state index in [2.05, 4.69) is 21.1 Å². The summed E-state index contributed by atoms with van der Waals surface area (Å²) in [4.78, 5) is 26.7. The number of nitrogens with zero attached hydrogens (tertiary/aromatic N) is 2. The number of hydrogen-bond acceptors (Lipinski definition) is 5. The van der Waals surface area contributed by atoms with Gasteiger partial charge >= 0.3 is 0 Å². The number of ketones is 1. The van der Waals surface area contributed by atoms with Gasteiger partial charge in [-0.2, -0.15) is 0 Å². The van der Waals surface area contributed by atoms with Crippen LogP contribution in [0.25, 0.3) is 0 Å². The molecule has 6 nitrogen and oxygen atoms in total. The van der Waals surface area contributed by atoms with Gasteiger partial charge in [0.25, 0.3) is 0 Å². The van der Waals surface area contributed by atoms with Crippen molar-refractivity contribution >= 4 is 27.6 Å². The standard InChI is InChI=1S/C19H21BrN2O4/c1-12-8-16(26-21-12)10-19(25)22-11-15(23)9-17(22)18(24)7-4-13-2-5-14(20)6-3-13/h2-3,5-6,8,15,17,23H,4,7,9-11H2,1H3/t15-,17+/m1/s1. The Labute approximate surface area is 160 Å². The summed E-state index contributed by atoms with van der Waals surface area (Å²) in [5.74, 6) is 0.223. The third kappa shape index (κ3) is 4.59. The van der Waals surface area contributed by atoms with E-state index in [9.17, 15) is 14.7 Å². The van der Waals surface area contributed by atoms with Crippen molar-refractivity contribution in [2.75, 3.05) is 6.54 Å². The Morgan fingerprint density at radius 1 is 1.35 bits per heavy atom. The number of hydrogen-bond donors (Lipinski definition) is 1. The number of halogens is 1. The number of benzene rings is 1.